The van der Waals surface area contributed by atoms with Crippen molar-refractivity contribution in [2.45, 2.75) is 46.3 Å². The van der Waals surface area contributed by atoms with Gasteiger partial charge in [-0.3, -0.25) is 9.59 Å². The first-order valence-electron chi connectivity index (χ1n) is 5.38. The van der Waals surface area contributed by atoms with Gasteiger partial charge in [0.1, 0.15) is 5.78 Å². The Kier molecular flexibility index (Phi) is 5.05. The normalized spacial score (nSPS) is 14.6. The molecule has 0 aliphatic heterocycles. The molecule has 4 heteroatoms. The molecule has 0 aromatic rings. The zero-order chi connectivity index (χ0) is 13.1. The van der Waals surface area contributed by atoms with E-state index in [9.17, 15) is 9.59 Å². The Morgan fingerprint density at radius 1 is 1.19 bits per heavy atom. The first-order valence-corrected chi connectivity index (χ1v) is 6.37. The van der Waals surface area contributed by atoms with Crippen molar-refractivity contribution in [1.29, 1.82) is 0 Å². The second kappa shape index (κ2) is 5.21. The Balaban J connectivity index is 4.46. The highest BCUT2D eigenvalue weighted by atomic mass is 32.2. The molecule has 16 heavy (non-hydrogen) atoms. The maximum atomic E-state index is 11.9. The van der Waals surface area contributed by atoms with Crippen molar-refractivity contribution in [3.63, 3.8) is 0 Å². The Hall–Kier alpha value is -0.510. The van der Waals surface area contributed by atoms with Crippen LogP contribution in [0.2, 0.25) is 0 Å². The third-order valence-corrected chi connectivity index (χ3v) is 4.06. The Morgan fingerprint density at radius 3 is 1.94 bits per heavy atom. The lowest BCUT2D eigenvalue weighted by Crippen LogP contribution is -2.37. The van der Waals surface area contributed by atoms with Crippen LogP contribution < -0.4 is 0 Å². The van der Waals surface area contributed by atoms with Gasteiger partial charge in [-0.2, -0.15) is 0 Å². The molecule has 0 fully saturated rings. The number of carbonyl (C=O) groups excluding carboxylic acids is 1. The van der Waals surface area contributed by atoms with Crippen molar-refractivity contribution < 1.29 is 14.7 Å². The van der Waals surface area contributed by atoms with Crippen LogP contribution in [0.25, 0.3) is 0 Å². The molecular weight excluding hydrogens is 224 g/mol. The zero-order valence-corrected chi connectivity index (χ0v) is 11.8. The van der Waals surface area contributed by atoms with Gasteiger partial charge in [0.2, 0.25) is 0 Å². The lowest BCUT2D eigenvalue weighted by molar-refractivity contribution is -0.152. The van der Waals surface area contributed by atoms with Crippen molar-refractivity contribution in [3.05, 3.63) is 0 Å². The van der Waals surface area contributed by atoms with E-state index >= 15 is 0 Å². The van der Waals surface area contributed by atoms with Gasteiger partial charge in [0, 0.05) is 10.7 Å². The lowest BCUT2D eigenvalue weighted by atomic mass is 9.78. The minimum atomic E-state index is -0.991. The average molecular weight is 246 g/mol. The summed E-state index contributed by atoms with van der Waals surface area (Å²) in [5.74, 6) is -0.997. The quantitative estimate of drug-likeness (QED) is 0.810. The molecule has 0 heterocycles. The van der Waals surface area contributed by atoms with E-state index in [0.29, 0.717) is 5.75 Å². The van der Waals surface area contributed by atoms with E-state index in [4.69, 9.17) is 5.11 Å². The molecule has 0 amide bonds. The number of carboxylic acid groups (broad SMARTS) is 1. The molecule has 3 nitrogen and oxygen atoms in total. The molecule has 94 valence electrons. The minimum Gasteiger partial charge on any atom is -0.481 e. The van der Waals surface area contributed by atoms with Crippen LogP contribution in [-0.2, 0) is 9.59 Å². The zero-order valence-electron chi connectivity index (χ0n) is 11.0. The molecule has 1 atom stereocenters. The summed E-state index contributed by atoms with van der Waals surface area (Å²) in [5, 5.41) is 9.03. The van der Waals surface area contributed by atoms with Crippen molar-refractivity contribution in [3.8, 4) is 0 Å². The van der Waals surface area contributed by atoms with E-state index in [1.807, 2.05) is 20.8 Å². The Labute approximate surface area is 102 Å². The topological polar surface area (TPSA) is 54.4 Å². The highest BCUT2D eigenvalue weighted by molar-refractivity contribution is 8.01. The van der Waals surface area contributed by atoms with Gasteiger partial charge in [-0.1, -0.05) is 27.7 Å². The maximum absolute atomic E-state index is 11.9. The van der Waals surface area contributed by atoms with Crippen LogP contribution in [-0.4, -0.2) is 27.4 Å². The van der Waals surface area contributed by atoms with E-state index in [-0.39, 0.29) is 10.5 Å². The van der Waals surface area contributed by atoms with Crippen LogP contribution in [0, 0.1) is 11.3 Å². The van der Waals surface area contributed by atoms with Crippen LogP contribution in [0.4, 0.5) is 0 Å². The first kappa shape index (κ1) is 15.5. The smallest absolute Gasteiger partial charge is 0.309 e. The van der Waals surface area contributed by atoms with Crippen LogP contribution in [0.3, 0.4) is 0 Å². The molecule has 0 aliphatic rings. The number of thioether (sulfide) groups is 1. The molecule has 0 spiro atoms. The van der Waals surface area contributed by atoms with E-state index < -0.39 is 17.3 Å². The van der Waals surface area contributed by atoms with Gasteiger partial charge >= 0.3 is 5.97 Å². The van der Waals surface area contributed by atoms with Crippen molar-refractivity contribution >= 4 is 23.5 Å². The monoisotopic (exact) mass is 246 g/mol. The van der Waals surface area contributed by atoms with Crippen molar-refractivity contribution in [2.75, 3.05) is 5.75 Å². The van der Waals surface area contributed by atoms with Crippen LogP contribution in [0.15, 0.2) is 0 Å². The minimum absolute atomic E-state index is 0.00678. The van der Waals surface area contributed by atoms with Gasteiger partial charge in [-0.25, -0.2) is 0 Å². The lowest BCUT2D eigenvalue weighted by Gasteiger charge is -2.27. The molecule has 1 unspecified atom stereocenters. The van der Waals surface area contributed by atoms with Gasteiger partial charge in [0.25, 0.3) is 0 Å². The molecule has 0 aromatic carbocycles. The fourth-order valence-electron chi connectivity index (χ4n) is 1.00. The first-order chi connectivity index (χ1) is 6.98. The van der Waals surface area contributed by atoms with Crippen LogP contribution in [0.1, 0.15) is 41.5 Å². The predicted molar refractivity (Wildman–Crippen MR) is 67.8 cm³/mol. The second-order valence-electron chi connectivity index (χ2n) is 5.62. The van der Waals surface area contributed by atoms with E-state index in [1.165, 1.54) is 0 Å². The summed E-state index contributed by atoms with van der Waals surface area (Å²) in [6.07, 6.45) is 0. The number of carbonyl (C=O) groups is 2. The van der Waals surface area contributed by atoms with Gasteiger partial charge < -0.3 is 5.11 Å². The maximum Gasteiger partial charge on any atom is 0.309 e. The summed E-state index contributed by atoms with van der Waals surface area (Å²) < 4.78 is 0.0305. The van der Waals surface area contributed by atoms with Gasteiger partial charge in [-0.15, -0.1) is 11.8 Å². The standard InChI is InChI=1S/C12H22O3S/c1-8(12(5,6)10(14)15)9(13)7-16-11(2,3)4/h8H,7H2,1-6H3,(H,14,15). The molecule has 0 bridgehead atoms. The number of hydrogen-bond donors (Lipinski definition) is 1. The van der Waals surface area contributed by atoms with E-state index in [1.54, 1.807) is 32.5 Å². The van der Waals surface area contributed by atoms with Crippen molar-refractivity contribution in [1.82, 2.24) is 0 Å². The number of Topliss-reactive ketones (excluding diaryl/α,β-unsaturated/α-hetero) is 1. The summed E-state index contributed by atoms with van der Waals surface area (Å²) in [6.45, 7) is 11.0. The van der Waals surface area contributed by atoms with Gasteiger partial charge in [0.05, 0.1) is 11.2 Å². The van der Waals surface area contributed by atoms with Crippen LogP contribution in [0.5, 0.6) is 0 Å². The molecule has 0 saturated heterocycles. The summed E-state index contributed by atoms with van der Waals surface area (Å²) in [4.78, 5) is 22.9. The predicted octanol–water partition coefficient (Wildman–Crippen LogP) is 2.83. The Bertz CT molecular complexity index is 276. The SMILES string of the molecule is CC(C(=O)CSC(C)(C)C)C(C)(C)C(=O)O. The summed E-state index contributed by atoms with van der Waals surface area (Å²) >= 11 is 1.56. The number of rotatable bonds is 5. The number of carboxylic acids is 1. The summed E-state index contributed by atoms with van der Waals surface area (Å²) in [5.41, 5.74) is -0.991. The molecular formula is C12H22O3S. The van der Waals surface area contributed by atoms with E-state index in [2.05, 4.69) is 0 Å². The molecule has 0 saturated carbocycles. The third kappa shape index (κ3) is 4.56. The van der Waals surface area contributed by atoms with Crippen molar-refractivity contribution in [2.24, 2.45) is 11.3 Å². The number of hydrogen-bond acceptors (Lipinski definition) is 3. The molecule has 0 radical (unpaired) electrons. The van der Waals surface area contributed by atoms with Crippen LogP contribution >= 0.6 is 11.8 Å². The summed E-state index contributed by atoms with van der Waals surface area (Å²) in [6, 6.07) is 0. The Morgan fingerprint density at radius 2 is 1.62 bits per heavy atom. The molecule has 0 aliphatic carbocycles. The molecule has 0 rings (SSSR count). The fraction of sp³-hybridized carbons (Fsp3) is 0.833. The number of aliphatic carboxylic acids is 1. The fourth-order valence-corrected chi connectivity index (χ4v) is 1.83. The average Bonchev–Trinajstić information content (AvgIpc) is 2.11. The third-order valence-electron chi connectivity index (χ3n) is 2.76. The summed E-state index contributed by atoms with van der Waals surface area (Å²) in [7, 11) is 0. The highest BCUT2D eigenvalue weighted by Gasteiger charge is 2.38. The largest absolute Gasteiger partial charge is 0.481 e. The van der Waals surface area contributed by atoms with E-state index in [0.717, 1.165) is 0 Å². The van der Waals surface area contributed by atoms with Gasteiger partial charge in [-0.05, 0) is 13.8 Å². The molecule has 1 N–H and O–H groups in total. The number of ketones is 1. The second-order valence-corrected chi connectivity index (χ2v) is 7.42. The molecule has 0 aromatic heterocycles. The highest BCUT2D eigenvalue weighted by Crippen LogP contribution is 2.30. The van der Waals surface area contributed by atoms with Gasteiger partial charge in [0.15, 0.2) is 0 Å².